The van der Waals surface area contributed by atoms with E-state index in [-0.39, 0.29) is 11.9 Å². The van der Waals surface area contributed by atoms with Crippen LogP contribution in [0.15, 0.2) is 43.0 Å². The smallest absolute Gasteiger partial charge is 0.278 e. The summed E-state index contributed by atoms with van der Waals surface area (Å²) in [5.41, 5.74) is 1.27. The van der Waals surface area contributed by atoms with Gasteiger partial charge in [-0.1, -0.05) is 24.3 Å². The molecule has 1 saturated heterocycles. The van der Waals surface area contributed by atoms with Gasteiger partial charge in [0.1, 0.15) is 0 Å². The number of quaternary nitrogens is 1. The van der Waals surface area contributed by atoms with Crippen molar-refractivity contribution in [3.8, 4) is 0 Å². The van der Waals surface area contributed by atoms with Crippen LogP contribution in [0.4, 0.5) is 5.69 Å². The third-order valence-electron chi connectivity index (χ3n) is 3.95. The number of carbonyl (C=O) groups is 1. The Morgan fingerprint density at radius 3 is 2.65 bits per heavy atom. The molecule has 1 aromatic rings. The van der Waals surface area contributed by atoms with Crippen LogP contribution in [0.2, 0.25) is 0 Å². The molecule has 1 amide bonds. The van der Waals surface area contributed by atoms with Gasteiger partial charge < -0.3 is 15.1 Å². The van der Waals surface area contributed by atoms with E-state index in [2.05, 4.69) is 41.1 Å². The number of rotatable bonds is 5. The maximum absolute atomic E-state index is 12.0. The van der Waals surface area contributed by atoms with Gasteiger partial charge in [0, 0.05) is 12.2 Å². The SMILES string of the molecule is C=CCNC(=O)[C@@H](C)[NH+]1CCN(c2ccccc2)CC1. The number of benzene rings is 1. The van der Waals surface area contributed by atoms with Gasteiger partial charge in [0.15, 0.2) is 6.04 Å². The Labute approximate surface area is 121 Å². The van der Waals surface area contributed by atoms with Crippen molar-refractivity contribution in [1.82, 2.24) is 5.32 Å². The average molecular weight is 274 g/mol. The van der Waals surface area contributed by atoms with Crippen LogP contribution in [0, 0.1) is 0 Å². The van der Waals surface area contributed by atoms with Crippen molar-refractivity contribution in [1.29, 1.82) is 0 Å². The molecule has 0 unspecified atom stereocenters. The Balaban J connectivity index is 1.84. The molecule has 4 nitrogen and oxygen atoms in total. The van der Waals surface area contributed by atoms with Gasteiger partial charge in [-0.3, -0.25) is 4.79 Å². The molecule has 1 atom stereocenters. The predicted octanol–water partition coefficient (Wildman–Crippen LogP) is 0.0822. The van der Waals surface area contributed by atoms with Crippen molar-refractivity contribution in [2.75, 3.05) is 37.6 Å². The van der Waals surface area contributed by atoms with Crippen LogP contribution in [0.1, 0.15) is 6.92 Å². The molecule has 0 radical (unpaired) electrons. The molecule has 1 aromatic carbocycles. The fourth-order valence-electron chi connectivity index (χ4n) is 2.64. The molecular weight excluding hydrogens is 250 g/mol. The van der Waals surface area contributed by atoms with Gasteiger partial charge in [-0.2, -0.15) is 0 Å². The van der Waals surface area contributed by atoms with Crippen LogP contribution in [0.25, 0.3) is 0 Å². The molecular formula is C16H24N3O+. The van der Waals surface area contributed by atoms with Gasteiger partial charge in [0.25, 0.3) is 5.91 Å². The van der Waals surface area contributed by atoms with Gasteiger partial charge in [0.05, 0.1) is 26.2 Å². The Morgan fingerprint density at radius 2 is 2.05 bits per heavy atom. The molecule has 108 valence electrons. The summed E-state index contributed by atoms with van der Waals surface area (Å²) in [7, 11) is 0. The number of amides is 1. The standard InChI is InChI=1S/C16H23N3O/c1-3-9-17-16(20)14(2)18-10-12-19(13-11-18)15-7-5-4-6-8-15/h3-8,14H,1,9-13H2,2H3,(H,17,20)/p+1/t14-/m1/s1. The lowest BCUT2D eigenvalue weighted by Crippen LogP contribution is -3.19. The van der Waals surface area contributed by atoms with Gasteiger partial charge in [0.2, 0.25) is 0 Å². The molecule has 0 aliphatic carbocycles. The normalized spacial score (nSPS) is 17.6. The molecule has 1 aliphatic heterocycles. The predicted molar refractivity (Wildman–Crippen MR) is 82.0 cm³/mol. The number of hydrogen-bond acceptors (Lipinski definition) is 2. The van der Waals surface area contributed by atoms with E-state index < -0.39 is 0 Å². The fourth-order valence-corrected chi connectivity index (χ4v) is 2.64. The Kier molecular flexibility index (Phi) is 5.18. The first-order valence-corrected chi connectivity index (χ1v) is 7.25. The van der Waals surface area contributed by atoms with Crippen molar-refractivity contribution in [3.05, 3.63) is 43.0 Å². The second kappa shape index (κ2) is 7.10. The van der Waals surface area contributed by atoms with Crippen molar-refractivity contribution >= 4 is 11.6 Å². The van der Waals surface area contributed by atoms with Crippen LogP contribution < -0.4 is 15.1 Å². The second-order valence-electron chi connectivity index (χ2n) is 5.24. The molecule has 20 heavy (non-hydrogen) atoms. The number of piperazine rings is 1. The lowest BCUT2D eigenvalue weighted by atomic mass is 10.2. The zero-order valence-electron chi connectivity index (χ0n) is 12.1. The molecule has 4 heteroatoms. The molecule has 1 aliphatic rings. The zero-order chi connectivity index (χ0) is 14.4. The molecule has 0 saturated carbocycles. The second-order valence-corrected chi connectivity index (χ2v) is 5.24. The number of para-hydroxylation sites is 1. The lowest BCUT2D eigenvalue weighted by Gasteiger charge is -2.36. The van der Waals surface area contributed by atoms with E-state index in [4.69, 9.17) is 0 Å². The molecule has 1 fully saturated rings. The molecule has 2 rings (SSSR count). The molecule has 1 heterocycles. The van der Waals surface area contributed by atoms with Crippen LogP contribution >= 0.6 is 0 Å². The maximum atomic E-state index is 12.0. The Morgan fingerprint density at radius 1 is 1.40 bits per heavy atom. The lowest BCUT2D eigenvalue weighted by molar-refractivity contribution is -0.914. The minimum absolute atomic E-state index is 0.00729. The minimum Gasteiger partial charge on any atom is -0.360 e. The molecule has 0 aromatic heterocycles. The molecule has 0 spiro atoms. The summed E-state index contributed by atoms with van der Waals surface area (Å²) in [6.45, 7) is 10.2. The van der Waals surface area contributed by atoms with Crippen molar-refractivity contribution in [2.45, 2.75) is 13.0 Å². The summed E-state index contributed by atoms with van der Waals surface area (Å²) in [5, 5.41) is 2.88. The van der Waals surface area contributed by atoms with Crippen LogP contribution in [-0.4, -0.2) is 44.7 Å². The van der Waals surface area contributed by atoms with E-state index >= 15 is 0 Å². The summed E-state index contributed by atoms with van der Waals surface area (Å²) >= 11 is 0. The third kappa shape index (κ3) is 3.61. The third-order valence-corrected chi connectivity index (χ3v) is 3.95. The summed E-state index contributed by atoms with van der Waals surface area (Å²) < 4.78 is 0. The monoisotopic (exact) mass is 274 g/mol. The quantitative estimate of drug-likeness (QED) is 0.746. The zero-order valence-corrected chi connectivity index (χ0v) is 12.1. The van der Waals surface area contributed by atoms with E-state index in [0.717, 1.165) is 26.2 Å². The highest BCUT2D eigenvalue weighted by atomic mass is 16.2. The first-order chi connectivity index (χ1) is 9.72. The van der Waals surface area contributed by atoms with Crippen molar-refractivity contribution < 1.29 is 9.69 Å². The Bertz CT molecular complexity index is 438. The van der Waals surface area contributed by atoms with Gasteiger partial charge in [-0.15, -0.1) is 6.58 Å². The number of nitrogens with zero attached hydrogens (tertiary/aromatic N) is 1. The topological polar surface area (TPSA) is 36.8 Å². The first-order valence-electron chi connectivity index (χ1n) is 7.25. The largest absolute Gasteiger partial charge is 0.360 e. The summed E-state index contributed by atoms with van der Waals surface area (Å²) in [6.07, 6.45) is 1.72. The highest BCUT2D eigenvalue weighted by Gasteiger charge is 2.28. The van der Waals surface area contributed by atoms with E-state index in [1.165, 1.54) is 10.6 Å². The highest BCUT2D eigenvalue weighted by molar-refractivity contribution is 5.80. The average Bonchev–Trinajstić information content (AvgIpc) is 2.53. The Hall–Kier alpha value is -1.81. The van der Waals surface area contributed by atoms with Crippen molar-refractivity contribution in [3.63, 3.8) is 0 Å². The van der Waals surface area contributed by atoms with Crippen LogP contribution in [-0.2, 0) is 4.79 Å². The van der Waals surface area contributed by atoms with Gasteiger partial charge >= 0.3 is 0 Å². The number of hydrogen-bond donors (Lipinski definition) is 2. The van der Waals surface area contributed by atoms with E-state index in [1.54, 1.807) is 6.08 Å². The van der Waals surface area contributed by atoms with Gasteiger partial charge in [-0.05, 0) is 19.1 Å². The van der Waals surface area contributed by atoms with E-state index in [0.29, 0.717) is 6.54 Å². The van der Waals surface area contributed by atoms with Crippen LogP contribution in [0.3, 0.4) is 0 Å². The number of anilines is 1. The van der Waals surface area contributed by atoms with E-state index in [9.17, 15) is 4.79 Å². The maximum Gasteiger partial charge on any atom is 0.278 e. The van der Waals surface area contributed by atoms with Crippen LogP contribution in [0.5, 0.6) is 0 Å². The van der Waals surface area contributed by atoms with Crippen molar-refractivity contribution in [2.24, 2.45) is 0 Å². The fraction of sp³-hybridized carbons (Fsp3) is 0.438. The summed E-state index contributed by atoms with van der Waals surface area (Å²) in [5.74, 6) is 0.119. The van der Waals surface area contributed by atoms with Gasteiger partial charge in [-0.25, -0.2) is 0 Å². The molecule has 0 bridgehead atoms. The summed E-state index contributed by atoms with van der Waals surface area (Å²) in [4.78, 5) is 15.7. The first kappa shape index (κ1) is 14.6. The summed E-state index contributed by atoms with van der Waals surface area (Å²) in [6, 6.07) is 10.5. The number of nitrogens with one attached hydrogen (secondary N) is 2. The van der Waals surface area contributed by atoms with E-state index in [1.807, 2.05) is 13.0 Å². The number of carbonyl (C=O) groups excluding carboxylic acids is 1. The highest BCUT2D eigenvalue weighted by Crippen LogP contribution is 2.12. The molecule has 2 N–H and O–H groups in total. The minimum atomic E-state index is 0.00729.